The van der Waals surface area contributed by atoms with Gasteiger partial charge in [-0.3, -0.25) is 4.57 Å². The summed E-state index contributed by atoms with van der Waals surface area (Å²) in [6.07, 6.45) is 2.00. The van der Waals surface area contributed by atoms with Crippen molar-refractivity contribution < 1.29 is 32.9 Å². The highest BCUT2D eigenvalue weighted by atomic mass is 31.3. The maximum atomic E-state index is 11.0. The molecular weight excluding hydrogens is 246 g/mol. The van der Waals surface area contributed by atoms with Crippen molar-refractivity contribution in [3.05, 3.63) is 11.9 Å². The van der Waals surface area contributed by atoms with Crippen molar-refractivity contribution in [2.24, 2.45) is 5.92 Å². The molecule has 3 N–H and O–H groups in total. The van der Waals surface area contributed by atoms with Gasteiger partial charge in [-0.2, -0.15) is 0 Å². The third kappa shape index (κ3) is 8.69. The lowest BCUT2D eigenvalue weighted by Crippen LogP contribution is -1.92. The molecule has 0 spiro atoms. The van der Waals surface area contributed by atoms with Gasteiger partial charge in [-0.1, -0.05) is 13.0 Å². The molecule has 0 fully saturated rings. The summed E-state index contributed by atoms with van der Waals surface area (Å²) in [5.74, 6) is 0.308. The van der Waals surface area contributed by atoms with E-state index in [1.165, 1.54) is 0 Å². The highest BCUT2D eigenvalue weighted by Crippen LogP contribution is 2.57. The standard InChI is InChI=1S/C6H12O7P2/c1-6(5-7)3-2-4-14(8,9)13-15(10,11)12/h2,4-6H,3H2,1H3,(H,8,9)(H2,10,11,12)/b4-2+. The molecule has 2 unspecified atom stereocenters. The van der Waals surface area contributed by atoms with Crippen LogP contribution in [-0.2, 0) is 18.2 Å². The number of aldehydes is 1. The Morgan fingerprint density at radius 2 is 1.87 bits per heavy atom. The average Bonchev–Trinajstić information content (AvgIpc) is 1.98. The predicted octanol–water partition coefficient (Wildman–Crippen LogP) is 1.02. The van der Waals surface area contributed by atoms with Crippen LogP contribution in [-0.4, -0.2) is 21.0 Å². The summed E-state index contributed by atoms with van der Waals surface area (Å²) in [5, 5.41) is 0. The first-order chi connectivity index (χ1) is 6.66. The van der Waals surface area contributed by atoms with Gasteiger partial charge < -0.3 is 19.5 Å². The van der Waals surface area contributed by atoms with Gasteiger partial charge in [0.05, 0.1) is 0 Å². The Labute approximate surface area is 86.5 Å². The van der Waals surface area contributed by atoms with E-state index in [0.29, 0.717) is 12.1 Å². The summed E-state index contributed by atoms with van der Waals surface area (Å²) in [5.41, 5.74) is 0. The number of rotatable bonds is 6. The molecule has 88 valence electrons. The zero-order valence-corrected chi connectivity index (χ0v) is 9.67. The number of carbonyl (C=O) groups excluding carboxylic acids is 1. The van der Waals surface area contributed by atoms with E-state index in [1.54, 1.807) is 6.92 Å². The summed E-state index contributed by atoms with van der Waals surface area (Å²) in [4.78, 5) is 35.6. The molecule has 0 radical (unpaired) electrons. The summed E-state index contributed by atoms with van der Waals surface area (Å²) in [6, 6.07) is 0. The van der Waals surface area contributed by atoms with Gasteiger partial charge in [0, 0.05) is 11.7 Å². The number of carbonyl (C=O) groups is 1. The van der Waals surface area contributed by atoms with Gasteiger partial charge in [0.25, 0.3) is 0 Å². The zero-order chi connectivity index (χ0) is 12.1. The number of hydrogen-bond acceptors (Lipinski definition) is 4. The molecule has 0 aliphatic rings. The molecule has 2 atom stereocenters. The SMILES string of the molecule is CC(C=O)C/C=C/P(=O)(O)OP(=O)(O)O. The van der Waals surface area contributed by atoms with Crippen LogP contribution in [0.4, 0.5) is 0 Å². The van der Waals surface area contributed by atoms with Crippen LogP contribution in [0.25, 0.3) is 0 Å². The summed E-state index contributed by atoms with van der Waals surface area (Å²) >= 11 is 0. The molecule has 0 rings (SSSR count). The van der Waals surface area contributed by atoms with Crippen LogP contribution in [0, 0.1) is 5.92 Å². The van der Waals surface area contributed by atoms with Crippen molar-refractivity contribution in [3.63, 3.8) is 0 Å². The van der Waals surface area contributed by atoms with Gasteiger partial charge in [-0.15, -0.1) is 0 Å². The van der Waals surface area contributed by atoms with Crippen molar-refractivity contribution in [2.45, 2.75) is 13.3 Å². The van der Waals surface area contributed by atoms with Gasteiger partial charge >= 0.3 is 15.4 Å². The van der Waals surface area contributed by atoms with E-state index in [0.717, 1.165) is 6.08 Å². The van der Waals surface area contributed by atoms with Crippen LogP contribution in [0.5, 0.6) is 0 Å². The van der Waals surface area contributed by atoms with E-state index in [9.17, 15) is 13.9 Å². The first kappa shape index (κ1) is 14.7. The molecular formula is C6H12O7P2. The largest absolute Gasteiger partial charge is 0.477 e. The van der Waals surface area contributed by atoms with E-state index in [1.807, 2.05) is 0 Å². The molecule has 15 heavy (non-hydrogen) atoms. The number of allylic oxidation sites excluding steroid dienone is 1. The minimum atomic E-state index is -4.99. The summed E-state index contributed by atoms with van der Waals surface area (Å²) in [7, 11) is -9.43. The highest BCUT2D eigenvalue weighted by molar-refractivity contribution is 7.65. The molecule has 0 amide bonds. The summed E-state index contributed by atoms with van der Waals surface area (Å²) in [6.45, 7) is 1.59. The molecule has 0 aromatic rings. The third-order valence-corrected chi connectivity index (χ3v) is 3.63. The molecule has 0 bridgehead atoms. The van der Waals surface area contributed by atoms with Crippen molar-refractivity contribution in [3.8, 4) is 0 Å². The van der Waals surface area contributed by atoms with E-state index in [-0.39, 0.29) is 12.3 Å². The maximum Gasteiger partial charge on any atom is 0.477 e. The Morgan fingerprint density at radius 1 is 1.33 bits per heavy atom. The molecule has 0 saturated carbocycles. The lowest BCUT2D eigenvalue weighted by Gasteiger charge is -2.08. The smallest absolute Gasteiger partial charge is 0.321 e. The van der Waals surface area contributed by atoms with Crippen molar-refractivity contribution in [1.82, 2.24) is 0 Å². The molecule has 0 saturated heterocycles. The Hall–Kier alpha value is -0.290. The predicted molar refractivity (Wildman–Crippen MR) is 51.9 cm³/mol. The molecule has 0 aromatic heterocycles. The topological polar surface area (TPSA) is 121 Å². The highest BCUT2D eigenvalue weighted by Gasteiger charge is 2.27. The first-order valence-corrected chi connectivity index (χ1v) is 7.06. The van der Waals surface area contributed by atoms with Crippen LogP contribution in [0.1, 0.15) is 13.3 Å². The van der Waals surface area contributed by atoms with Crippen molar-refractivity contribution in [2.75, 3.05) is 0 Å². The second-order valence-corrected chi connectivity index (χ2v) is 5.93. The number of phosphoric acid groups is 1. The third-order valence-electron chi connectivity index (χ3n) is 1.26. The zero-order valence-electron chi connectivity index (χ0n) is 7.89. The van der Waals surface area contributed by atoms with Crippen LogP contribution in [0.2, 0.25) is 0 Å². The van der Waals surface area contributed by atoms with Crippen LogP contribution in [0.15, 0.2) is 11.9 Å². The van der Waals surface area contributed by atoms with Gasteiger partial charge in [0.2, 0.25) is 0 Å². The maximum absolute atomic E-state index is 11.0. The normalized spacial score (nSPS) is 18.7. The average molecular weight is 258 g/mol. The van der Waals surface area contributed by atoms with Crippen LogP contribution >= 0.6 is 15.4 Å². The van der Waals surface area contributed by atoms with Crippen LogP contribution in [0.3, 0.4) is 0 Å². The number of hydrogen-bond donors (Lipinski definition) is 3. The molecule has 0 aliphatic heterocycles. The molecule has 9 heteroatoms. The molecule has 0 heterocycles. The lowest BCUT2D eigenvalue weighted by atomic mass is 10.1. The summed E-state index contributed by atoms with van der Waals surface area (Å²) < 4.78 is 24.9. The van der Waals surface area contributed by atoms with Gasteiger partial charge in [-0.25, -0.2) is 8.88 Å². The Balaban J connectivity index is 4.32. The minimum absolute atomic E-state index is 0.193. The Morgan fingerprint density at radius 3 is 2.27 bits per heavy atom. The molecule has 0 aromatic carbocycles. The van der Waals surface area contributed by atoms with E-state index >= 15 is 0 Å². The second-order valence-electron chi connectivity index (χ2n) is 2.87. The fourth-order valence-electron chi connectivity index (χ4n) is 0.644. The Kier molecular flexibility index (Phi) is 5.59. The quantitative estimate of drug-likeness (QED) is 0.480. The fourth-order valence-corrected chi connectivity index (χ4v) is 2.47. The second kappa shape index (κ2) is 5.70. The van der Waals surface area contributed by atoms with Gasteiger partial charge in [-0.05, 0) is 6.42 Å². The van der Waals surface area contributed by atoms with E-state index < -0.39 is 15.4 Å². The van der Waals surface area contributed by atoms with Gasteiger partial charge in [0.1, 0.15) is 6.29 Å². The minimum Gasteiger partial charge on any atom is -0.321 e. The van der Waals surface area contributed by atoms with E-state index in [2.05, 4.69) is 4.31 Å². The molecule has 0 aliphatic carbocycles. The Bertz CT molecular complexity index is 330. The first-order valence-electron chi connectivity index (χ1n) is 3.88. The van der Waals surface area contributed by atoms with Gasteiger partial charge in [0.15, 0.2) is 0 Å². The van der Waals surface area contributed by atoms with Crippen LogP contribution < -0.4 is 0 Å². The molecule has 7 nitrogen and oxygen atoms in total. The van der Waals surface area contributed by atoms with Crippen molar-refractivity contribution >= 4 is 21.7 Å². The lowest BCUT2D eigenvalue weighted by molar-refractivity contribution is -0.110. The van der Waals surface area contributed by atoms with E-state index in [4.69, 9.17) is 14.7 Å². The van der Waals surface area contributed by atoms with Crippen molar-refractivity contribution in [1.29, 1.82) is 0 Å². The fraction of sp³-hybridized carbons (Fsp3) is 0.500. The monoisotopic (exact) mass is 258 g/mol.